The number of thiazole rings is 1. The fourth-order valence-corrected chi connectivity index (χ4v) is 8.79. The molecule has 0 spiro atoms. The number of thioether (sulfide) groups is 1. The molecule has 0 unspecified atom stereocenters. The number of aromatic nitrogens is 1. The number of nitrogens with one attached hydrogen (secondary N) is 1. The normalized spacial score (nSPS) is 19.6. The largest absolute Gasteiger partial charge is 0.418 e. The van der Waals surface area contributed by atoms with Gasteiger partial charge < -0.3 is 5.32 Å². The maximum absolute atomic E-state index is 14.1. The van der Waals surface area contributed by atoms with Crippen LogP contribution in [0.5, 0.6) is 0 Å². The third-order valence-electron chi connectivity index (χ3n) is 8.24. The van der Waals surface area contributed by atoms with Gasteiger partial charge in [-0.2, -0.15) is 13.2 Å². The number of anilines is 2. The van der Waals surface area contributed by atoms with Crippen molar-refractivity contribution in [3.63, 3.8) is 0 Å². The zero-order chi connectivity index (χ0) is 33.1. The van der Waals surface area contributed by atoms with Gasteiger partial charge in [-0.25, -0.2) is 4.90 Å². The highest BCUT2D eigenvalue weighted by atomic mass is 32.2. The topological polar surface area (TPSA) is 88.5 Å². The first-order valence-electron chi connectivity index (χ1n) is 14.6. The van der Waals surface area contributed by atoms with Crippen molar-refractivity contribution < 1.29 is 27.6 Å². The molecule has 1 saturated heterocycles. The molecule has 2 aliphatic rings. The van der Waals surface area contributed by atoms with Gasteiger partial charge in [0.05, 0.1) is 22.2 Å². The van der Waals surface area contributed by atoms with Gasteiger partial charge in [-0.05, 0) is 53.3 Å². The minimum Gasteiger partial charge on any atom is -0.325 e. The van der Waals surface area contributed by atoms with Crippen LogP contribution in [0.1, 0.15) is 53.8 Å². The number of para-hydroxylation sites is 1. The molecule has 1 aromatic heterocycles. The summed E-state index contributed by atoms with van der Waals surface area (Å²) in [5.74, 6) is -3.89. The molecular weight excluding hydrogens is 636 g/mol. The van der Waals surface area contributed by atoms with Gasteiger partial charge in [0.25, 0.3) is 0 Å². The van der Waals surface area contributed by atoms with Crippen LogP contribution >= 0.6 is 23.1 Å². The lowest BCUT2D eigenvalue weighted by Crippen LogP contribution is -2.33. The lowest BCUT2D eigenvalue weighted by molar-refractivity contribution is -0.137. The summed E-state index contributed by atoms with van der Waals surface area (Å²) in [6.07, 6.45) is -4.80. The van der Waals surface area contributed by atoms with Crippen molar-refractivity contribution >= 4 is 52.2 Å². The third kappa shape index (κ3) is 5.68. The lowest BCUT2D eigenvalue weighted by Gasteiger charge is -2.31. The number of rotatable bonds is 5. The molecule has 4 aromatic rings. The average molecular weight is 666 g/mol. The van der Waals surface area contributed by atoms with Crippen LogP contribution in [0.3, 0.4) is 0 Å². The molecule has 0 aliphatic carbocycles. The first kappa shape index (κ1) is 31.8. The minimum absolute atomic E-state index is 0.176. The minimum atomic E-state index is -4.80. The van der Waals surface area contributed by atoms with Crippen LogP contribution in [0.15, 0.2) is 82.6 Å². The number of nitrogens with zero attached hydrogens (tertiary/aromatic N) is 2. The van der Waals surface area contributed by atoms with Crippen molar-refractivity contribution in [3.05, 3.63) is 110 Å². The van der Waals surface area contributed by atoms with E-state index in [-0.39, 0.29) is 12.0 Å². The van der Waals surface area contributed by atoms with Gasteiger partial charge in [0.15, 0.2) is 0 Å². The second-order valence-electron chi connectivity index (χ2n) is 12.5. The molecule has 3 amide bonds. The molecule has 2 aliphatic heterocycles. The number of halogens is 3. The predicted octanol–water partition coefficient (Wildman–Crippen LogP) is 6.97. The average Bonchev–Trinajstić information content (AvgIpc) is 3.42. The van der Waals surface area contributed by atoms with Crippen LogP contribution in [0.25, 0.3) is 0 Å². The molecule has 238 valence electrons. The van der Waals surface area contributed by atoms with Crippen LogP contribution in [-0.2, 0) is 32.5 Å². The van der Waals surface area contributed by atoms with Crippen molar-refractivity contribution in [1.29, 1.82) is 0 Å². The van der Waals surface area contributed by atoms with Crippen molar-refractivity contribution in [2.24, 2.45) is 5.92 Å². The number of alkyl halides is 3. The molecule has 3 atom stereocenters. The number of hydrogen-bond donors (Lipinski definition) is 1. The van der Waals surface area contributed by atoms with E-state index in [4.69, 9.17) is 0 Å². The Morgan fingerprint density at radius 2 is 1.61 bits per heavy atom. The van der Waals surface area contributed by atoms with Crippen LogP contribution < -0.4 is 15.1 Å². The van der Waals surface area contributed by atoms with Gasteiger partial charge >= 0.3 is 11.0 Å². The Morgan fingerprint density at radius 1 is 0.913 bits per heavy atom. The number of aryl methyl sites for hydroxylation is 1. The fraction of sp³-hybridized carbons (Fsp3) is 0.294. The molecule has 46 heavy (non-hydrogen) atoms. The SMILES string of the molecule is Cc1cccc(NC(=O)Cn2c3c(sc2=O)[C@@H](c2ccc(C(C)(C)C)cc2)[C@@H]2C(=O)N(c4ccccc4C(F)(F)F)C(=O)[C@@H]2S3)c1. The molecule has 6 rings (SSSR count). The van der Waals surface area contributed by atoms with Gasteiger partial charge in [-0.15, -0.1) is 0 Å². The maximum Gasteiger partial charge on any atom is 0.418 e. The van der Waals surface area contributed by atoms with E-state index in [0.717, 1.165) is 46.4 Å². The number of amides is 3. The summed E-state index contributed by atoms with van der Waals surface area (Å²) in [4.78, 5) is 55.3. The van der Waals surface area contributed by atoms with Gasteiger partial charge in [0, 0.05) is 16.5 Å². The van der Waals surface area contributed by atoms with Gasteiger partial charge in [-0.3, -0.25) is 23.7 Å². The number of carbonyl (C=O) groups is 3. The van der Waals surface area contributed by atoms with E-state index in [1.165, 1.54) is 16.7 Å². The van der Waals surface area contributed by atoms with Crippen LogP contribution in [-0.4, -0.2) is 27.5 Å². The molecule has 1 fully saturated rings. The van der Waals surface area contributed by atoms with Crippen molar-refractivity contribution in [2.45, 2.75) is 62.0 Å². The Balaban J connectivity index is 1.45. The zero-order valence-electron chi connectivity index (χ0n) is 25.3. The maximum atomic E-state index is 14.1. The lowest BCUT2D eigenvalue weighted by atomic mass is 9.81. The van der Waals surface area contributed by atoms with E-state index in [2.05, 4.69) is 26.1 Å². The summed E-state index contributed by atoms with van der Waals surface area (Å²) in [6.45, 7) is 7.69. The number of imide groups is 1. The van der Waals surface area contributed by atoms with Crippen molar-refractivity contribution in [2.75, 3.05) is 10.2 Å². The predicted molar refractivity (Wildman–Crippen MR) is 172 cm³/mol. The quantitative estimate of drug-likeness (QED) is 0.233. The number of fused-ring (bicyclic) bond motifs is 2. The Morgan fingerprint density at radius 3 is 2.26 bits per heavy atom. The second kappa shape index (κ2) is 11.6. The molecule has 7 nitrogen and oxygen atoms in total. The van der Waals surface area contributed by atoms with E-state index >= 15 is 0 Å². The van der Waals surface area contributed by atoms with E-state index < -0.39 is 57.1 Å². The first-order valence-corrected chi connectivity index (χ1v) is 16.3. The summed E-state index contributed by atoms with van der Waals surface area (Å²) < 4.78 is 43.4. The van der Waals surface area contributed by atoms with Gasteiger partial charge in [0.2, 0.25) is 17.7 Å². The summed E-state index contributed by atoms with van der Waals surface area (Å²) in [5.41, 5.74) is 1.37. The second-order valence-corrected chi connectivity index (χ2v) is 14.6. The smallest absolute Gasteiger partial charge is 0.325 e. The highest BCUT2D eigenvalue weighted by Gasteiger charge is 2.57. The Labute approximate surface area is 271 Å². The molecule has 0 bridgehead atoms. The van der Waals surface area contributed by atoms with Crippen LogP contribution in [0, 0.1) is 12.8 Å². The molecule has 0 saturated carbocycles. The Hall–Kier alpha value is -4.16. The molecule has 1 N–H and O–H groups in total. The molecule has 0 radical (unpaired) electrons. The number of carbonyl (C=O) groups excluding carboxylic acids is 3. The van der Waals surface area contributed by atoms with Crippen molar-refractivity contribution in [1.82, 2.24) is 4.57 Å². The highest BCUT2D eigenvalue weighted by Crippen LogP contribution is 2.54. The Kier molecular flexibility index (Phi) is 8.00. The van der Waals surface area contributed by atoms with Crippen LogP contribution in [0.2, 0.25) is 0 Å². The van der Waals surface area contributed by atoms with Crippen LogP contribution in [0.4, 0.5) is 24.5 Å². The summed E-state index contributed by atoms with van der Waals surface area (Å²) in [6, 6.07) is 19.2. The molecule has 3 heterocycles. The molecular formula is C34H30F3N3O4S2. The number of hydrogen-bond acceptors (Lipinski definition) is 6. The summed E-state index contributed by atoms with van der Waals surface area (Å²) in [5, 5.41) is 2.03. The van der Waals surface area contributed by atoms with E-state index in [0.29, 0.717) is 26.1 Å². The highest BCUT2D eigenvalue weighted by molar-refractivity contribution is 8.00. The first-order chi connectivity index (χ1) is 21.6. The zero-order valence-corrected chi connectivity index (χ0v) is 27.0. The standard InChI is InChI=1S/C34H30F3N3O4S2/c1-18-8-7-9-21(16-18)38-24(41)17-39-31-28(46-32(39)44)25(19-12-14-20(15-13-19)33(2,3)4)26-27(45-31)30(43)40(29(26)42)23-11-6-5-10-22(23)34(35,36)37/h5-16,25-27H,17H2,1-4H3,(H,38,41)/t25-,26-,27+/m0/s1. The summed E-state index contributed by atoms with van der Waals surface area (Å²) in [7, 11) is 0. The van der Waals surface area contributed by atoms with E-state index in [9.17, 15) is 32.3 Å². The monoisotopic (exact) mass is 665 g/mol. The fourth-order valence-electron chi connectivity index (χ4n) is 6.02. The van der Waals surface area contributed by atoms with E-state index in [1.54, 1.807) is 18.2 Å². The molecule has 12 heteroatoms. The number of benzene rings is 3. The summed E-state index contributed by atoms with van der Waals surface area (Å²) >= 11 is 1.84. The van der Waals surface area contributed by atoms with Gasteiger partial charge in [-0.1, -0.05) is 92.4 Å². The van der Waals surface area contributed by atoms with Crippen molar-refractivity contribution in [3.8, 4) is 0 Å². The van der Waals surface area contributed by atoms with Gasteiger partial charge in [0.1, 0.15) is 11.8 Å². The van der Waals surface area contributed by atoms with E-state index in [1.807, 2.05) is 37.3 Å². The third-order valence-corrected chi connectivity index (χ3v) is 10.8. The molecule has 3 aromatic carbocycles. The Bertz CT molecular complexity index is 1930.